The van der Waals surface area contributed by atoms with Gasteiger partial charge in [0.25, 0.3) is 0 Å². The van der Waals surface area contributed by atoms with Gasteiger partial charge in [0, 0.05) is 18.1 Å². The standard InChI is InChI=1S/C20H29ClN2O.ClH/c1-2-22-15-16-8-12-23(13-9-16)19(24)20(10-3-4-11-20)17-6-5-7-18(21)14-17;/h5-7,14,16,22H,2-4,8-13,15H2,1H3;1H. The fraction of sp³-hybridized carbons (Fsp3) is 0.650. The van der Waals surface area contributed by atoms with Gasteiger partial charge in [0.1, 0.15) is 0 Å². The lowest BCUT2D eigenvalue weighted by atomic mass is 9.77. The summed E-state index contributed by atoms with van der Waals surface area (Å²) in [4.78, 5) is 15.5. The minimum atomic E-state index is -0.334. The van der Waals surface area contributed by atoms with E-state index < -0.39 is 0 Å². The molecule has 3 rings (SSSR count). The summed E-state index contributed by atoms with van der Waals surface area (Å²) in [6.07, 6.45) is 6.42. The molecule has 1 aliphatic carbocycles. The highest BCUT2D eigenvalue weighted by molar-refractivity contribution is 6.30. The number of carbonyl (C=O) groups is 1. The molecule has 1 aromatic rings. The smallest absolute Gasteiger partial charge is 0.233 e. The molecule has 0 spiro atoms. The number of nitrogens with zero attached hydrogens (tertiary/aromatic N) is 1. The van der Waals surface area contributed by atoms with E-state index in [2.05, 4.69) is 23.2 Å². The lowest BCUT2D eigenvalue weighted by Crippen LogP contribution is -2.49. The van der Waals surface area contributed by atoms with Crippen LogP contribution in [0.4, 0.5) is 0 Å². The first-order valence-corrected chi connectivity index (χ1v) is 9.79. The third-order valence-corrected chi connectivity index (χ3v) is 6.06. The first-order valence-electron chi connectivity index (χ1n) is 9.42. The van der Waals surface area contributed by atoms with E-state index in [4.69, 9.17) is 11.6 Å². The van der Waals surface area contributed by atoms with Gasteiger partial charge in [-0.2, -0.15) is 0 Å². The molecule has 2 fully saturated rings. The van der Waals surface area contributed by atoms with E-state index >= 15 is 0 Å². The van der Waals surface area contributed by atoms with E-state index in [9.17, 15) is 4.79 Å². The Kier molecular flexibility index (Phi) is 7.60. The fourth-order valence-electron chi connectivity index (χ4n) is 4.38. The van der Waals surface area contributed by atoms with Crippen molar-refractivity contribution in [1.29, 1.82) is 0 Å². The molecule has 3 nitrogen and oxygen atoms in total. The number of hydrogen-bond donors (Lipinski definition) is 1. The lowest BCUT2D eigenvalue weighted by Gasteiger charge is -2.39. The number of hydrogen-bond acceptors (Lipinski definition) is 2. The van der Waals surface area contributed by atoms with Crippen molar-refractivity contribution in [2.75, 3.05) is 26.2 Å². The first-order chi connectivity index (χ1) is 11.7. The zero-order valence-electron chi connectivity index (χ0n) is 15.1. The predicted molar refractivity (Wildman–Crippen MR) is 107 cm³/mol. The third kappa shape index (κ3) is 4.50. The number of amides is 1. The number of nitrogens with one attached hydrogen (secondary N) is 1. The molecule has 1 amide bonds. The Morgan fingerprint density at radius 2 is 1.96 bits per heavy atom. The first kappa shape index (κ1) is 20.5. The van der Waals surface area contributed by atoms with Gasteiger partial charge in [0.15, 0.2) is 0 Å². The van der Waals surface area contributed by atoms with Crippen LogP contribution in [0.3, 0.4) is 0 Å². The lowest BCUT2D eigenvalue weighted by molar-refractivity contribution is -0.138. The van der Waals surface area contributed by atoms with Crippen LogP contribution < -0.4 is 5.32 Å². The Morgan fingerprint density at radius 3 is 2.56 bits per heavy atom. The van der Waals surface area contributed by atoms with Gasteiger partial charge in [0.2, 0.25) is 5.91 Å². The summed E-state index contributed by atoms with van der Waals surface area (Å²) in [7, 11) is 0. The van der Waals surface area contributed by atoms with Gasteiger partial charge in [-0.3, -0.25) is 4.79 Å². The van der Waals surface area contributed by atoms with Crippen LogP contribution in [0.1, 0.15) is 51.0 Å². The van der Waals surface area contributed by atoms with Crippen molar-refractivity contribution in [2.45, 2.75) is 50.9 Å². The van der Waals surface area contributed by atoms with Crippen LogP contribution in [-0.2, 0) is 10.2 Å². The Balaban J connectivity index is 0.00000225. The molecule has 1 saturated carbocycles. The van der Waals surface area contributed by atoms with Crippen LogP contribution in [0.15, 0.2) is 24.3 Å². The number of piperidine rings is 1. The minimum Gasteiger partial charge on any atom is -0.342 e. The molecule has 140 valence electrons. The van der Waals surface area contributed by atoms with Crippen LogP contribution in [0.2, 0.25) is 5.02 Å². The molecule has 0 atom stereocenters. The maximum Gasteiger partial charge on any atom is 0.233 e. The number of rotatable bonds is 5. The number of benzene rings is 1. The fourth-order valence-corrected chi connectivity index (χ4v) is 4.57. The Bertz CT molecular complexity index is 565. The van der Waals surface area contributed by atoms with Crippen molar-refractivity contribution in [3.05, 3.63) is 34.9 Å². The van der Waals surface area contributed by atoms with Gasteiger partial charge in [-0.05, 0) is 62.4 Å². The van der Waals surface area contributed by atoms with Gasteiger partial charge in [-0.15, -0.1) is 12.4 Å². The van der Waals surface area contributed by atoms with Crippen molar-refractivity contribution in [3.63, 3.8) is 0 Å². The molecule has 0 bridgehead atoms. The van der Waals surface area contributed by atoms with Gasteiger partial charge < -0.3 is 10.2 Å². The van der Waals surface area contributed by atoms with Crippen molar-refractivity contribution >= 4 is 29.9 Å². The SMILES string of the molecule is CCNCC1CCN(C(=O)C2(c3cccc(Cl)c3)CCCC2)CC1.Cl. The molecule has 0 unspecified atom stereocenters. The molecule has 25 heavy (non-hydrogen) atoms. The Labute approximate surface area is 162 Å². The number of likely N-dealkylation sites (tertiary alicyclic amines) is 1. The summed E-state index contributed by atoms with van der Waals surface area (Å²) in [5, 5.41) is 4.17. The van der Waals surface area contributed by atoms with Crippen LogP contribution in [0, 0.1) is 5.92 Å². The molecule has 1 saturated heterocycles. The molecule has 1 N–H and O–H groups in total. The van der Waals surface area contributed by atoms with E-state index in [1.54, 1.807) is 0 Å². The highest BCUT2D eigenvalue weighted by Crippen LogP contribution is 2.43. The van der Waals surface area contributed by atoms with E-state index in [-0.39, 0.29) is 17.8 Å². The molecule has 0 aromatic heterocycles. The van der Waals surface area contributed by atoms with Gasteiger partial charge in [0.05, 0.1) is 5.41 Å². The van der Waals surface area contributed by atoms with Crippen molar-refractivity contribution in [3.8, 4) is 0 Å². The van der Waals surface area contributed by atoms with Gasteiger partial charge in [-0.25, -0.2) is 0 Å². The largest absolute Gasteiger partial charge is 0.342 e. The summed E-state index contributed by atoms with van der Waals surface area (Å²) in [5.74, 6) is 1.05. The maximum absolute atomic E-state index is 13.4. The maximum atomic E-state index is 13.4. The van der Waals surface area contributed by atoms with Crippen LogP contribution in [-0.4, -0.2) is 37.0 Å². The summed E-state index contributed by atoms with van der Waals surface area (Å²) >= 11 is 6.21. The van der Waals surface area contributed by atoms with E-state index in [1.807, 2.05) is 18.2 Å². The average molecular weight is 385 g/mol. The van der Waals surface area contributed by atoms with Crippen molar-refractivity contribution < 1.29 is 4.79 Å². The molecule has 2 aliphatic rings. The Morgan fingerprint density at radius 1 is 1.28 bits per heavy atom. The van der Waals surface area contributed by atoms with Crippen LogP contribution in [0.5, 0.6) is 0 Å². The molecular formula is C20H30Cl2N2O. The molecule has 5 heteroatoms. The third-order valence-electron chi connectivity index (χ3n) is 5.83. The quantitative estimate of drug-likeness (QED) is 0.814. The minimum absolute atomic E-state index is 0. The average Bonchev–Trinajstić information content (AvgIpc) is 3.11. The monoisotopic (exact) mass is 384 g/mol. The Hall–Kier alpha value is -0.770. The second kappa shape index (κ2) is 9.25. The predicted octanol–water partition coefficient (Wildman–Crippen LogP) is 4.42. The second-order valence-corrected chi connectivity index (χ2v) is 7.78. The highest BCUT2D eigenvalue weighted by atomic mass is 35.5. The highest BCUT2D eigenvalue weighted by Gasteiger charge is 2.45. The number of halogens is 2. The molecule has 0 radical (unpaired) electrons. The molecular weight excluding hydrogens is 355 g/mol. The zero-order valence-corrected chi connectivity index (χ0v) is 16.7. The van der Waals surface area contributed by atoms with Gasteiger partial charge in [-0.1, -0.05) is 43.5 Å². The number of carbonyl (C=O) groups excluding carboxylic acids is 1. The van der Waals surface area contributed by atoms with Crippen molar-refractivity contribution in [2.24, 2.45) is 5.92 Å². The van der Waals surface area contributed by atoms with Crippen molar-refractivity contribution in [1.82, 2.24) is 10.2 Å². The van der Waals surface area contributed by atoms with Gasteiger partial charge >= 0.3 is 0 Å². The van der Waals surface area contributed by atoms with E-state index in [0.29, 0.717) is 11.8 Å². The molecule has 1 aliphatic heterocycles. The summed E-state index contributed by atoms with van der Waals surface area (Å²) < 4.78 is 0. The van der Waals surface area contributed by atoms with Crippen LogP contribution in [0.25, 0.3) is 0 Å². The summed E-state index contributed by atoms with van der Waals surface area (Å²) in [5.41, 5.74) is 0.784. The normalized spacial score (nSPS) is 20.3. The summed E-state index contributed by atoms with van der Waals surface area (Å²) in [6.45, 7) is 6.05. The molecule has 1 heterocycles. The van der Waals surface area contributed by atoms with Crippen LogP contribution >= 0.6 is 24.0 Å². The van der Waals surface area contributed by atoms with E-state index in [0.717, 1.165) is 75.3 Å². The van der Waals surface area contributed by atoms with E-state index in [1.165, 1.54) is 0 Å². The molecule has 1 aromatic carbocycles. The zero-order chi connectivity index (χ0) is 17.0. The topological polar surface area (TPSA) is 32.3 Å². The summed E-state index contributed by atoms with van der Waals surface area (Å²) in [6, 6.07) is 7.97. The second-order valence-electron chi connectivity index (χ2n) is 7.34.